The number of amides is 1. The van der Waals surface area contributed by atoms with E-state index in [0.29, 0.717) is 13.0 Å². The number of sulfonamides is 1. The van der Waals surface area contributed by atoms with E-state index in [1.54, 1.807) is 0 Å². The van der Waals surface area contributed by atoms with E-state index in [2.05, 4.69) is 5.32 Å². The van der Waals surface area contributed by atoms with Gasteiger partial charge in [0.2, 0.25) is 15.9 Å². The van der Waals surface area contributed by atoms with Gasteiger partial charge in [-0.1, -0.05) is 0 Å². The summed E-state index contributed by atoms with van der Waals surface area (Å²) in [4.78, 5) is 21.9. The number of aromatic carboxylic acids is 1. The van der Waals surface area contributed by atoms with Gasteiger partial charge in [-0.25, -0.2) is 13.2 Å². The molecule has 1 unspecified atom stereocenters. The Labute approximate surface area is 122 Å². The van der Waals surface area contributed by atoms with E-state index in [1.165, 1.54) is 29.0 Å². The van der Waals surface area contributed by atoms with Gasteiger partial charge < -0.3 is 15.0 Å². The van der Waals surface area contributed by atoms with Crippen molar-refractivity contribution in [3.8, 4) is 0 Å². The second-order valence-corrected chi connectivity index (χ2v) is 6.96. The van der Waals surface area contributed by atoms with Crippen LogP contribution in [-0.4, -0.2) is 53.4 Å². The molecule has 0 saturated carbocycles. The number of carbonyl (C=O) groups is 2. The molecule has 1 amide bonds. The molecular formula is C12H17N3O5S. The lowest BCUT2D eigenvalue weighted by molar-refractivity contribution is -0.119. The zero-order valence-electron chi connectivity index (χ0n) is 11.7. The lowest BCUT2D eigenvalue weighted by Crippen LogP contribution is -2.37. The smallest absolute Gasteiger partial charge is 0.352 e. The minimum atomic E-state index is -3.74. The van der Waals surface area contributed by atoms with Crippen LogP contribution in [0.1, 0.15) is 23.8 Å². The average Bonchev–Trinajstić information content (AvgIpc) is 2.95. The summed E-state index contributed by atoms with van der Waals surface area (Å²) >= 11 is 0. The molecular weight excluding hydrogens is 298 g/mol. The molecule has 0 aromatic carbocycles. The van der Waals surface area contributed by atoms with Crippen LogP contribution in [0, 0.1) is 0 Å². The Balaban J connectivity index is 2.21. The monoisotopic (exact) mass is 315 g/mol. The van der Waals surface area contributed by atoms with Crippen LogP contribution in [0.15, 0.2) is 17.2 Å². The first kappa shape index (κ1) is 15.5. The third-order valence-electron chi connectivity index (χ3n) is 3.40. The van der Waals surface area contributed by atoms with Crippen LogP contribution in [0.5, 0.6) is 0 Å². The molecule has 0 aliphatic carbocycles. The molecule has 0 spiro atoms. The fourth-order valence-corrected chi connectivity index (χ4v) is 3.96. The van der Waals surface area contributed by atoms with Crippen molar-refractivity contribution in [3.63, 3.8) is 0 Å². The first-order valence-electron chi connectivity index (χ1n) is 6.38. The molecule has 116 valence electrons. The number of nitrogens with zero attached hydrogens (tertiary/aromatic N) is 2. The molecule has 2 rings (SSSR count). The zero-order chi connectivity index (χ0) is 15.8. The molecule has 1 saturated heterocycles. The van der Waals surface area contributed by atoms with Crippen molar-refractivity contribution in [2.45, 2.75) is 24.3 Å². The summed E-state index contributed by atoms with van der Waals surface area (Å²) in [6.07, 6.45) is 1.82. The van der Waals surface area contributed by atoms with Crippen LogP contribution in [0.25, 0.3) is 0 Å². The molecule has 0 bridgehead atoms. The Morgan fingerprint density at radius 1 is 1.43 bits per heavy atom. The number of aryl methyl sites for hydroxylation is 1. The largest absolute Gasteiger partial charge is 0.477 e. The predicted molar refractivity (Wildman–Crippen MR) is 73.4 cm³/mol. The van der Waals surface area contributed by atoms with Gasteiger partial charge in [0.15, 0.2) is 0 Å². The molecule has 1 aliphatic heterocycles. The van der Waals surface area contributed by atoms with Gasteiger partial charge in [0.05, 0.1) is 0 Å². The van der Waals surface area contributed by atoms with Crippen molar-refractivity contribution in [2.75, 3.05) is 13.1 Å². The summed E-state index contributed by atoms with van der Waals surface area (Å²) in [5.41, 5.74) is -0.0915. The Kier molecular flexibility index (Phi) is 4.06. The minimum Gasteiger partial charge on any atom is -0.477 e. The highest BCUT2D eigenvalue weighted by atomic mass is 32.2. The van der Waals surface area contributed by atoms with Crippen LogP contribution in [0.4, 0.5) is 0 Å². The molecule has 2 N–H and O–H groups in total. The van der Waals surface area contributed by atoms with Crippen molar-refractivity contribution in [3.05, 3.63) is 18.0 Å². The highest BCUT2D eigenvalue weighted by Gasteiger charge is 2.34. The van der Waals surface area contributed by atoms with Gasteiger partial charge in [-0.2, -0.15) is 4.31 Å². The van der Waals surface area contributed by atoms with Crippen LogP contribution < -0.4 is 5.32 Å². The quantitative estimate of drug-likeness (QED) is 0.787. The lowest BCUT2D eigenvalue weighted by atomic mass is 10.3. The number of nitrogens with one attached hydrogen (secondary N) is 1. The van der Waals surface area contributed by atoms with Gasteiger partial charge in [-0.15, -0.1) is 0 Å². The standard InChI is InChI=1S/C12H17N3O5S/c1-8(16)13-9-3-4-15(6-9)21(19,20)10-5-11(12(17)18)14(2)7-10/h5,7,9H,3-4,6H2,1-2H3,(H,13,16)(H,17,18). The molecule has 0 radical (unpaired) electrons. The van der Waals surface area contributed by atoms with Gasteiger partial charge in [-0.05, 0) is 12.5 Å². The fraction of sp³-hybridized carbons (Fsp3) is 0.500. The number of hydrogen-bond acceptors (Lipinski definition) is 4. The van der Waals surface area contributed by atoms with Gasteiger partial charge in [-0.3, -0.25) is 4.79 Å². The molecule has 1 fully saturated rings. The SMILES string of the molecule is CC(=O)NC1CCN(S(=O)(=O)c2cc(C(=O)O)n(C)c2)C1. The molecule has 21 heavy (non-hydrogen) atoms. The zero-order valence-corrected chi connectivity index (χ0v) is 12.6. The maximum absolute atomic E-state index is 12.5. The minimum absolute atomic E-state index is 0.0501. The predicted octanol–water partition coefficient (Wildman–Crippen LogP) is -0.378. The summed E-state index contributed by atoms with van der Waals surface area (Å²) < 4.78 is 27.4. The van der Waals surface area contributed by atoms with E-state index in [-0.39, 0.29) is 29.1 Å². The van der Waals surface area contributed by atoms with Gasteiger partial charge >= 0.3 is 5.97 Å². The van der Waals surface area contributed by atoms with Gasteiger partial charge in [0, 0.05) is 39.3 Å². The first-order chi connectivity index (χ1) is 9.71. The second kappa shape index (κ2) is 5.49. The number of carboxylic acids is 1. The van der Waals surface area contributed by atoms with Crippen LogP contribution >= 0.6 is 0 Å². The van der Waals surface area contributed by atoms with E-state index in [4.69, 9.17) is 5.11 Å². The molecule has 1 aromatic rings. The Morgan fingerprint density at radius 2 is 2.10 bits per heavy atom. The number of carboxylic acid groups (broad SMARTS) is 1. The van der Waals surface area contributed by atoms with Crippen molar-refractivity contribution in [2.24, 2.45) is 7.05 Å². The van der Waals surface area contributed by atoms with Crippen LogP contribution in [0.3, 0.4) is 0 Å². The maximum Gasteiger partial charge on any atom is 0.352 e. The van der Waals surface area contributed by atoms with Gasteiger partial charge in [0.25, 0.3) is 0 Å². The van der Waals surface area contributed by atoms with Crippen molar-refractivity contribution in [1.29, 1.82) is 0 Å². The second-order valence-electron chi connectivity index (χ2n) is 5.03. The number of carbonyl (C=O) groups excluding carboxylic acids is 1. The summed E-state index contributed by atoms with van der Waals surface area (Å²) in [7, 11) is -2.27. The summed E-state index contributed by atoms with van der Waals surface area (Å²) in [5, 5.41) is 11.7. The Morgan fingerprint density at radius 3 is 2.62 bits per heavy atom. The maximum atomic E-state index is 12.5. The topological polar surface area (TPSA) is 109 Å². The normalized spacial score (nSPS) is 19.6. The van der Waals surface area contributed by atoms with Crippen molar-refractivity contribution >= 4 is 21.9 Å². The van der Waals surface area contributed by atoms with E-state index in [0.717, 1.165) is 6.07 Å². The number of rotatable bonds is 4. The van der Waals surface area contributed by atoms with Crippen molar-refractivity contribution in [1.82, 2.24) is 14.2 Å². The molecule has 8 nitrogen and oxygen atoms in total. The highest BCUT2D eigenvalue weighted by Crippen LogP contribution is 2.22. The van der Waals surface area contributed by atoms with E-state index in [1.807, 2.05) is 0 Å². The van der Waals surface area contributed by atoms with E-state index in [9.17, 15) is 18.0 Å². The molecule has 1 atom stereocenters. The van der Waals surface area contributed by atoms with Crippen LogP contribution in [0.2, 0.25) is 0 Å². The lowest BCUT2D eigenvalue weighted by Gasteiger charge is -2.15. The Bertz CT molecular complexity index is 679. The van der Waals surface area contributed by atoms with E-state index < -0.39 is 16.0 Å². The molecule has 9 heteroatoms. The molecule has 1 aliphatic rings. The summed E-state index contributed by atoms with van der Waals surface area (Å²) in [6, 6.07) is 0.934. The summed E-state index contributed by atoms with van der Waals surface area (Å²) in [5.74, 6) is -1.39. The molecule has 1 aromatic heterocycles. The number of aromatic nitrogens is 1. The van der Waals surface area contributed by atoms with E-state index >= 15 is 0 Å². The van der Waals surface area contributed by atoms with Crippen LogP contribution in [-0.2, 0) is 21.9 Å². The first-order valence-corrected chi connectivity index (χ1v) is 7.82. The third kappa shape index (κ3) is 3.08. The average molecular weight is 315 g/mol. The highest BCUT2D eigenvalue weighted by molar-refractivity contribution is 7.89. The summed E-state index contributed by atoms with van der Waals surface area (Å²) in [6.45, 7) is 1.87. The fourth-order valence-electron chi connectivity index (χ4n) is 2.39. The third-order valence-corrected chi connectivity index (χ3v) is 5.23. The van der Waals surface area contributed by atoms with Gasteiger partial charge in [0.1, 0.15) is 10.6 Å². The Hall–Kier alpha value is -1.87. The van der Waals surface area contributed by atoms with Crippen molar-refractivity contribution < 1.29 is 23.1 Å². The number of hydrogen-bond donors (Lipinski definition) is 2. The molecule has 2 heterocycles.